The summed E-state index contributed by atoms with van der Waals surface area (Å²) in [6.07, 6.45) is 0. The number of hydrogen-bond donors (Lipinski definition) is 1. The van der Waals surface area contributed by atoms with Gasteiger partial charge in [0, 0.05) is 0 Å². The van der Waals surface area contributed by atoms with Crippen LogP contribution in [0.2, 0.25) is 5.02 Å². The minimum atomic E-state index is -4.04. The van der Waals surface area contributed by atoms with Crippen LogP contribution in [0.1, 0.15) is 4.88 Å². The van der Waals surface area contributed by atoms with E-state index in [4.69, 9.17) is 16.7 Å². The molecule has 78 valence electrons. The highest BCUT2D eigenvalue weighted by Gasteiger charge is 2.45. The molecule has 0 amide bonds. The van der Waals surface area contributed by atoms with Crippen LogP contribution in [0.25, 0.3) is 0 Å². The van der Waals surface area contributed by atoms with Crippen molar-refractivity contribution < 1.29 is 23.4 Å². The first-order chi connectivity index (χ1) is 6.41. The van der Waals surface area contributed by atoms with Crippen molar-refractivity contribution in [3.63, 3.8) is 0 Å². The summed E-state index contributed by atoms with van der Waals surface area (Å²) >= 11 is 5.73. The second-order valence-corrected chi connectivity index (χ2v) is 3.37. The number of carboxylic acids is 1. The van der Waals surface area contributed by atoms with E-state index in [-0.39, 0.29) is 5.88 Å². The number of carboxylic acid groups (broad SMARTS) is 1. The maximum absolute atomic E-state index is 12.9. The molecule has 0 aliphatic heterocycles. The van der Waals surface area contributed by atoms with E-state index in [1.165, 1.54) is 7.11 Å². The summed E-state index contributed by atoms with van der Waals surface area (Å²) in [5.41, 5.74) is 0. The molecular weight excluding hydrogens is 240 g/mol. The fourth-order valence-corrected chi connectivity index (χ4v) is 1.78. The molecule has 14 heavy (non-hydrogen) atoms. The lowest BCUT2D eigenvalue weighted by Crippen LogP contribution is -2.24. The number of hydrogen-bond acceptors (Lipinski definition) is 4. The van der Waals surface area contributed by atoms with E-state index in [0.717, 1.165) is 0 Å². The van der Waals surface area contributed by atoms with Gasteiger partial charge in [0.05, 0.1) is 7.11 Å². The Hall–Kier alpha value is -0.950. The Morgan fingerprint density at radius 2 is 2.29 bits per heavy atom. The highest BCUT2D eigenvalue weighted by Crippen LogP contribution is 2.41. The largest absolute Gasteiger partial charge is 0.479 e. The van der Waals surface area contributed by atoms with Gasteiger partial charge in [0.25, 0.3) is 0 Å². The van der Waals surface area contributed by atoms with Crippen LogP contribution in [-0.2, 0) is 10.7 Å². The number of aliphatic carboxylic acids is 1. The second-order valence-electron chi connectivity index (χ2n) is 2.21. The summed E-state index contributed by atoms with van der Waals surface area (Å²) < 4.78 is 33.8. The molecule has 0 saturated heterocycles. The van der Waals surface area contributed by atoms with Gasteiger partial charge in [0.2, 0.25) is 5.88 Å². The van der Waals surface area contributed by atoms with Gasteiger partial charge < -0.3 is 9.84 Å². The van der Waals surface area contributed by atoms with Crippen molar-refractivity contribution in [3.05, 3.63) is 9.90 Å². The topological polar surface area (TPSA) is 59.4 Å². The highest BCUT2D eigenvalue weighted by molar-refractivity contribution is 7.07. The van der Waals surface area contributed by atoms with E-state index >= 15 is 0 Å². The first-order valence-electron chi connectivity index (χ1n) is 3.22. The Balaban J connectivity index is 3.20. The van der Waals surface area contributed by atoms with Crippen molar-refractivity contribution in [2.24, 2.45) is 0 Å². The van der Waals surface area contributed by atoms with Crippen LogP contribution in [0.4, 0.5) is 8.78 Å². The third-order valence-corrected chi connectivity index (χ3v) is 2.72. The smallest absolute Gasteiger partial charge is 0.380 e. The minimum Gasteiger partial charge on any atom is -0.479 e. The van der Waals surface area contributed by atoms with Crippen LogP contribution < -0.4 is 4.74 Å². The lowest BCUT2D eigenvalue weighted by Gasteiger charge is -2.07. The Kier molecular flexibility index (Phi) is 2.91. The Bertz CT molecular complexity index is 368. The molecule has 1 aromatic rings. The van der Waals surface area contributed by atoms with Gasteiger partial charge in [0.1, 0.15) is 9.90 Å². The molecule has 0 radical (unpaired) electrons. The van der Waals surface area contributed by atoms with Crippen LogP contribution in [-0.4, -0.2) is 22.6 Å². The molecule has 8 heteroatoms. The lowest BCUT2D eigenvalue weighted by atomic mass is 10.3. The van der Waals surface area contributed by atoms with Crippen molar-refractivity contribution in [1.82, 2.24) is 4.37 Å². The number of alkyl halides is 2. The highest BCUT2D eigenvalue weighted by atomic mass is 35.5. The maximum atomic E-state index is 12.9. The zero-order chi connectivity index (χ0) is 10.9. The number of ether oxygens (including phenoxy) is 1. The second kappa shape index (κ2) is 3.66. The fraction of sp³-hybridized carbons (Fsp3) is 0.333. The van der Waals surface area contributed by atoms with Gasteiger partial charge in [-0.25, -0.2) is 4.79 Å². The van der Waals surface area contributed by atoms with Gasteiger partial charge in [0.15, 0.2) is 0 Å². The lowest BCUT2D eigenvalue weighted by molar-refractivity contribution is -0.165. The zero-order valence-electron chi connectivity index (χ0n) is 6.75. The summed E-state index contributed by atoms with van der Waals surface area (Å²) in [7, 11) is 1.20. The molecular formula is C6H4ClF2NO3S. The van der Waals surface area contributed by atoms with E-state index < -0.39 is 21.8 Å². The molecule has 0 unspecified atom stereocenters. The molecule has 0 fully saturated rings. The molecule has 0 atom stereocenters. The molecule has 0 bridgehead atoms. The van der Waals surface area contributed by atoms with Crippen molar-refractivity contribution >= 4 is 29.1 Å². The summed E-state index contributed by atoms with van der Waals surface area (Å²) in [6, 6.07) is 0. The van der Waals surface area contributed by atoms with E-state index in [1.807, 2.05) is 0 Å². The molecule has 0 aromatic carbocycles. The Morgan fingerprint density at radius 1 is 1.71 bits per heavy atom. The normalized spacial score (nSPS) is 11.4. The van der Waals surface area contributed by atoms with Gasteiger partial charge in [-0.3, -0.25) is 0 Å². The average Bonchev–Trinajstić information content (AvgIpc) is 2.46. The van der Waals surface area contributed by atoms with Crippen molar-refractivity contribution in [1.29, 1.82) is 0 Å². The standard InChI is InChI=1S/C6H4ClF2NO3S/c1-13-4-2(7)3(14-10-4)6(8,9)5(11)12/h1H3,(H,11,12). The van der Waals surface area contributed by atoms with Gasteiger partial charge in [-0.1, -0.05) is 11.6 Å². The SMILES string of the molecule is COc1nsc(C(F)(F)C(=O)O)c1Cl. The van der Waals surface area contributed by atoms with Gasteiger partial charge >= 0.3 is 11.9 Å². The Labute approximate surface area is 86.2 Å². The first-order valence-corrected chi connectivity index (χ1v) is 4.37. The molecule has 0 saturated carbocycles. The fourth-order valence-electron chi connectivity index (χ4n) is 0.684. The van der Waals surface area contributed by atoms with Crippen LogP contribution in [0.5, 0.6) is 5.88 Å². The quantitative estimate of drug-likeness (QED) is 0.882. The van der Waals surface area contributed by atoms with E-state index in [2.05, 4.69) is 9.11 Å². The molecule has 1 rings (SSSR count). The maximum Gasteiger partial charge on any atom is 0.380 e. The van der Waals surface area contributed by atoms with Crippen LogP contribution >= 0.6 is 23.1 Å². The number of halogens is 3. The first kappa shape index (κ1) is 11.1. The van der Waals surface area contributed by atoms with E-state index in [9.17, 15) is 13.6 Å². The van der Waals surface area contributed by atoms with Gasteiger partial charge in [-0.05, 0) is 11.5 Å². The number of methoxy groups -OCH3 is 1. The molecule has 1 N–H and O–H groups in total. The zero-order valence-corrected chi connectivity index (χ0v) is 8.33. The number of rotatable bonds is 3. The number of carbonyl (C=O) groups is 1. The summed E-state index contributed by atoms with van der Waals surface area (Å²) in [4.78, 5) is 9.37. The van der Waals surface area contributed by atoms with Gasteiger partial charge in [-0.15, -0.1) is 0 Å². The van der Waals surface area contributed by atoms with Crippen LogP contribution in [0.3, 0.4) is 0 Å². The van der Waals surface area contributed by atoms with Gasteiger partial charge in [-0.2, -0.15) is 13.2 Å². The molecule has 0 spiro atoms. The predicted octanol–water partition coefficient (Wildman–Crippen LogP) is 1.98. The molecule has 4 nitrogen and oxygen atoms in total. The van der Waals surface area contributed by atoms with E-state index in [0.29, 0.717) is 11.5 Å². The molecule has 0 aliphatic carbocycles. The minimum absolute atomic E-state index is 0.201. The third kappa shape index (κ3) is 1.64. The number of nitrogens with zero attached hydrogens (tertiary/aromatic N) is 1. The van der Waals surface area contributed by atoms with Crippen molar-refractivity contribution in [2.75, 3.05) is 7.11 Å². The summed E-state index contributed by atoms with van der Waals surface area (Å²) in [5, 5.41) is 7.76. The monoisotopic (exact) mass is 243 g/mol. The van der Waals surface area contributed by atoms with Crippen molar-refractivity contribution in [2.45, 2.75) is 5.92 Å². The van der Waals surface area contributed by atoms with Crippen LogP contribution in [0, 0.1) is 0 Å². The number of aromatic nitrogens is 1. The van der Waals surface area contributed by atoms with Crippen LogP contribution in [0.15, 0.2) is 0 Å². The van der Waals surface area contributed by atoms with E-state index in [1.54, 1.807) is 0 Å². The predicted molar refractivity (Wildman–Crippen MR) is 45.2 cm³/mol. The third-order valence-electron chi connectivity index (χ3n) is 1.35. The molecule has 1 heterocycles. The molecule has 1 aromatic heterocycles. The Morgan fingerprint density at radius 3 is 2.64 bits per heavy atom. The average molecular weight is 244 g/mol. The van der Waals surface area contributed by atoms with Crippen molar-refractivity contribution in [3.8, 4) is 5.88 Å². The molecule has 0 aliphatic rings. The summed E-state index contributed by atoms with van der Waals surface area (Å²) in [5.74, 6) is -6.51. The summed E-state index contributed by atoms with van der Waals surface area (Å²) in [6.45, 7) is 0.